The standard InChI is InChI=1S/C13H22N4O3/c1-4-11(5-2)17-7-6-10(16-17)8-14-13(20)15-9(3)12(18)19/h6-7,9,11H,4-5,8H2,1-3H3,(H,18,19)(H2,14,15,20). The zero-order valence-corrected chi connectivity index (χ0v) is 12.1. The van der Waals surface area contributed by atoms with Crippen molar-refractivity contribution < 1.29 is 14.7 Å². The van der Waals surface area contributed by atoms with Crippen LogP contribution in [0.2, 0.25) is 0 Å². The number of nitrogens with one attached hydrogen (secondary N) is 2. The summed E-state index contributed by atoms with van der Waals surface area (Å²) in [6.45, 7) is 5.89. The minimum atomic E-state index is -1.07. The first-order valence-electron chi connectivity index (χ1n) is 6.79. The van der Waals surface area contributed by atoms with Crippen LogP contribution in [0.3, 0.4) is 0 Å². The van der Waals surface area contributed by atoms with Crippen LogP contribution in [0.4, 0.5) is 4.79 Å². The van der Waals surface area contributed by atoms with E-state index in [2.05, 4.69) is 29.6 Å². The lowest BCUT2D eigenvalue weighted by Crippen LogP contribution is -2.44. The topological polar surface area (TPSA) is 96.2 Å². The second-order valence-electron chi connectivity index (χ2n) is 4.64. The lowest BCUT2D eigenvalue weighted by Gasteiger charge is -2.12. The highest BCUT2D eigenvalue weighted by atomic mass is 16.4. The van der Waals surface area contributed by atoms with Gasteiger partial charge in [0.25, 0.3) is 0 Å². The fourth-order valence-corrected chi connectivity index (χ4v) is 1.82. The zero-order valence-electron chi connectivity index (χ0n) is 12.1. The molecule has 0 spiro atoms. The van der Waals surface area contributed by atoms with E-state index in [1.165, 1.54) is 6.92 Å². The van der Waals surface area contributed by atoms with Crippen LogP contribution in [0.15, 0.2) is 12.3 Å². The van der Waals surface area contributed by atoms with Crippen LogP contribution in [0.1, 0.15) is 45.3 Å². The molecule has 20 heavy (non-hydrogen) atoms. The maximum Gasteiger partial charge on any atom is 0.325 e. The van der Waals surface area contributed by atoms with E-state index in [0.717, 1.165) is 18.5 Å². The number of rotatable bonds is 7. The molecular weight excluding hydrogens is 260 g/mol. The van der Waals surface area contributed by atoms with Gasteiger partial charge in [-0.15, -0.1) is 0 Å². The number of amides is 2. The van der Waals surface area contributed by atoms with Crippen LogP contribution in [-0.4, -0.2) is 32.9 Å². The number of aromatic nitrogens is 2. The molecule has 1 aromatic heterocycles. The lowest BCUT2D eigenvalue weighted by atomic mass is 10.2. The normalized spacial score (nSPS) is 12.2. The third-order valence-electron chi connectivity index (χ3n) is 3.13. The molecule has 1 heterocycles. The van der Waals surface area contributed by atoms with Gasteiger partial charge >= 0.3 is 12.0 Å². The van der Waals surface area contributed by atoms with E-state index in [-0.39, 0.29) is 6.54 Å². The number of carbonyl (C=O) groups is 2. The molecule has 0 aliphatic rings. The van der Waals surface area contributed by atoms with E-state index in [4.69, 9.17) is 5.11 Å². The zero-order chi connectivity index (χ0) is 15.1. The smallest absolute Gasteiger partial charge is 0.325 e. The fraction of sp³-hybridized carbons (Fsp3) is 0.615. The van der Waals surface area contributed by atoms with Crippen molar-refractivity contribution >= 4 is 12.0 Å². The molecule has 1 atom stereocenters. The quantitative estimate of drug-likeness (QED) is 0.706. The molecule has 1 aromatic rings. The van der Waals surface area contributed by atoms with Crippen LogP contribution in [0.25, 0.3) is 0 Å². The maximum atomic E-state index is 11.5. The maximum absolute atomic E-state index is 11.5. The number of hydrogen-bond acceptors (Lipinski definition) is 3. The molecule has 0 aliphatic carbocycles. The van der Waals surface area contributed by atoms with E-state index in [9.17, 15) is 9.59 Å². The summed E-state index contributed by atoms with van der Waals surface area (Å²) < 4.78 is 1.90. The summed E-state index contributed by atoms with van der Waals surface area (Å²) in [7, 11) is 0. The summed E-state index contributed by atoms with van der Waals surface area (Å²) in [5.41, 5.74) is 0.745. The van der Waals surface area contributed by atoms with Crippen molar-refractivity contribution in [3.05, 3.63) is 18.0 Å². The summed E-state index contributed by atoms with van der Waals surface area (Å²) >= 11 is 0. The average molecular weight is 282 g/mol. The molecule has 0 aliphatic heterocycles. The predicted molar refractivity (Wildman–Crippen MR) is 74.3 cm³/mol. The van der Waals surface area contributed by atoms with Crippen LogP contribution < -0.4 is 10.6 Å². The minimum absolute atomic E-state index is 0.269. The highest BCUT2D eigenvalue weighted by Gasteiger charge is 2.14. The molecule has 7 nitrogen and oxygen atoms in total. The van der Waals surface area contributed by atoms with Crippen molar-refractivity contribution in [2.24, 2.45) is 0 Å². The Morgan fingerprint density at radius 1 is 1.40 bits per heavy atom. The summed E-state index contributed by atoms with van der Waals surface area (Å²) in [5, 5.41) is 18.0. The van der Waals surface area contributed by atoms with E-state index in [1.54, 1.807) is 0 Å². The highest BCUT2D eigenvalue weighted by molar-refractivity contribution is 5.82. The van der Waals surface area contributed by atoms with Crippen LogP contribution in [0, 0.1) is 0 Å². The Morgan fingerprint density at radius 2 is 2.05 bits per heavy atom. The number of carboxylic acid groups (broad SMARTS) is 1. The van der Waals surface area contributed by atoms with Gasteiger partial charge in [-0.3, -0.25) is 9.48 Å². The molecule has 0 aromatic carbocycles. The Bertz CT molecular complexity index is 454. The SMILES string of the molecule is CCC(CC)n1ccc(CNC(=O)NC(C)C(=O)O)n1. The molecule has 3 N–H and O–H groups in total. The molecule has 7 heteroatoms. The second-order valence-corrected chi connectivity index (χ2v) is 4.64. The van der Waals surface area contributed by atoms with Crippen LogP contribution in [-0.2, 0) is 11.3 Å². The molecule has 0 fully saturated rings. The molecule has 2 amide bonds. The molecule has 0 saturated carbocycles. The number of hydrogen-bond donors (Lipinski definition) is 3. The molecule has 1 rings (SSSR count). The molecule has 0 radical (unpaired) electrons. The number of aliphatic carboxylic acids is 1. The Hall–Kier alpha value is -2.05. The van der Waals surface area contributed by atoms with Gasteiger partial charge in [0, 0.05) is 6.20 Å². The number of carboxylic acids is 1. The van der Waals surface area contributed by atoms with Crippen molar-refractivity contribution in [1.82, 2.24) is 20.4 Å². The second kappa shape index (κ2) is 7.52. The lowest BCUT2D eigenvalue weighted by molar-refractivity contribution is -0.138. The molecular formula is C13H22N4O3. The Labute approximate surface area is 118 Å². The van der Waals surface area contributed by atoms with Gasteiger partial charge in [0.15, 0.2) is 0 Å². The largest absolute Gasteiger partial charge is 0.480 e. The van der Waals surface area contributed by atoms with Gasteiger partial charge in [0.2, 0.25) is 0 Å². The summed E-state index contributed by atoms with van der Waals surface area (Å²) in [5.74, 6) is -1.07. The van der Waals surface area contributed by atoms with Crippen molar-refractivity contribution in [2.45, 2.75) is 52.2 Å². The number of carbonyl (C=O) groups excluding carboxylic acids is 1. The van der Waals surface area contributed by atoms with Gasteiger partial charge in [-0.1, -0.05) is 13.8 Å². The summed E-state index contributed by atoms with van der Waals surface area (Å²) in [4.78, 5) is 22.1. The highest BCUT2D eigenvalue weighted by Crippen LogP contribution is 2.14. The fourth-order valence-electron chi connectivity index (χ4n) is 1.82. The first-order chi connectivity index (χ1) is 9.47. The van der Waals surface area contributed by atoms with Crippen molar-refractivity contribution in [3.8, 4) is 0 Å². The van der Waals surface area contributed by atoms with Crippen molar-refractivity contribution in [3.63, 3.8) is 0 Å². The summed E-state index contributed by atoms with van der Waals surface area (Å²) in [6.07, 6.45) is 3.90. The minimum Gasteiger partial charge on any atom is -0.480 e. The molecule has 0 bridgehead atoms. The monoisotopic (exact) mass is 282 g/mol. The van der Waals surface area contributed by atoms with Gasteiger partial charge in [-0.25, -0.2) is 4.79 Å². The Morgan fingerprint density at radius 3 is 2.60 bits per heavy atom. The summed E-state index contributed by atoms with van der Waals surface area (Å²) in [6, 6.07) is 0.776. The Balaban J connectivity index is 2.46. The third kappa shape index (κ3) is 4.56. The van der Waals surface area contributed by atoms with Gasteiger partial charge in [0.1, 0.15) is 6.04 Å². The Kier molecular flexibility index (Phi) is 6.02. The predicted octanol–water partition coefficient (Wildman–Crippen LogP) is 1.52. The molecule has 0 saturated heterocycles. The average Bonchev–Trinajstić information content (AvgIpc) is 2.86. The number of urea groups is 1. The van der Waals surface area contributed by atoms with Gasteiger partial charge in [-0.2, -0.15) is 5.10 Å². The van der Waals surface area contributed by atoms with Crippen LogP contribution >= 0.6 is 0 Å². The van der Waals surface area contributed by atoms with E-state index >= 15 is 0 Å². The van der Waals surface area contributed by atoms with Gasteiger partial charge in [-0.05, 0) is 25.8 Å². The van der Waals surface area contributed by atoms with E-state index in [0.29, 0.717) is 6.04 Å². The van der Waals surface area contributed by atoms with Gasteiger partial charge < -0.3 is 15.7 Å². The third-order valence-corrected chi connectivity index (χ3v) is 3.13. The number of nitrogens with zero attached hydrogens (tertiary/aromatic N) is 2. The van der Waals surface area contributed by atoms with E-state index in [1.807, 2.05) is 16.9 Å². The first-order valence-corrected chi connectivity index (χ1v) is 6.79. The van der Waals surface area contributed by atoms with Crippen molar-refractivity contribution in [2.75, 3.05) is 0 Å². The molecule has 1 unspecified atom stereocenters. The van der Waals surface area contributed by atoms with E-state index < -0.39 is 18.0 Å². The van der Waals surface area contributed by atoms with Crippen LogP contribution in [0.5, 0.6) is 0 Å². The first kappa shape index (κ1) is 16.0. The van der Waals surface area contributed by atoms with Crippen molar-refractivity contribution in [1.29, 1.82) is 0 Å². The molecule has 112 valence electrons. The van der Waals surface area contributed by atoms with Gasteiger partial charge in [0.05, 0.1) is 18.3 Å².